The molecule has 0 aromatic carbocycles. The molecule has 8 atom stereocenters. The molecular weight excluding hydrogens is 288 g/mol. The highest BCUT2D eigenvalue weighted by molar-refractivity contribution is 5.09. The number of rotatable bonds is 3. The third kappa shape index (κ3) is 2.44. The molecule has 4 aliphatic carbocycles. The summed E-state index contributed by atoms with van der Waals surface area (Å²) in [5.41, 5.74) is 1.41. The molecule has 0 nitrogen and oxygen atoms in total. The minimum atomic E-state index is 0.688. The maximum atomic E-state index is 2.73. The molecule has 4 unspecified atom stereocenters. The van der Waals surface area contributed by atoms with E-state index in [9.17, 15) is 0 Å². The normalized spacial score (nSPS) is 52.2. The summed E-state index contributed by atoms with van der Waals surface area (Å²) in [6.45, 7) is 10.4. The fraction of sp³-hybridized carbons (Fsp3) is 1.00. The van der Waals surface area contributed by atoms with Crippen molar-refractivity contribution in [1.82, 2.24) is 0 Å². The minimum Gasteiger partial charge on any atom is -0.0654 e. The molecular formula is C24H42. The summed E-state index contributed by atoms with van der Waals surface area (Å²) in [5.74, 6) is 6.30. The summed E-state index contributed by atoms with van der Waals surface area (Å²) >= 11 is 0. The third-order valence-electron chi connectivity index (χ3n) is 10.1. The average Bonchev–Trinajstić information content (AvgIpc) is 2.92. The zero-order valence-electron chi connectivity index (χ0n) is 16.9. The molecule has 0 bridgehead atoms. The first-order chi connectivity index (χ1) is 11.5. The summed E-state index contributed by atoms with van der Waals surface area (Å²) < 4.78 is 0. The van der Waals surface area contributed by atoms with Crippen LogP contribution in [0.4, 0.5) is 0 Å². The average molecular weight is 331 g/mol. The molecule has 0 heterocycles. The van der Waals surface area contributed by atoms with Crippen LogP contribution in [0.1, 0.15) is 105 Å². The van der Waals surface area contributed by atoms with Gasteiger partial charge in [-0.25, -0.2) is 0 Å². The third-order valence-corrected chi connectivity index (χ3v) is 10.1. The monoisotopic (exact) mass is 330 g/mol. The van der Waals surface area contributed by atoms with E-state index >= 15 is 0 Å². The van der Waals surface area contributed by atoms with Gasteiger partial charge in [-0.2, -0.15) is 0 Å². The molecule has 0 aromatic rings. The van der Waals surface area contributed by atoms with Crippen molar-refractivity contribution in [3.8, 4) is 0 Å². The van der Waals surface area contributed by atoms with Crippen LogP contribution in [0, 0.1) is 46.3 Å². The Balaban J connectivity index is 1.57. The van der Waals surface area contributed by atoms with Crippen LogP contribution in [-0.4, -0.2) is 0 Å². The summed E-state index contributed by atoms with van der Waals surface area (Å²) in [6.07, 6.45) is 18.4. The predicted molar refractivity (Wildman–Crippen MR) is 104 cm³/mol. The summed E-state index contributed by atoms with van der Waals surface area (Å²) in [4.78, 5) is 0. The molecule has 0 spiro atoms. The molecule has 0 N–H and O–H groups in total. The van der Waals surface area contributed by atoms with E-state index in [1.807, 2.05) is 0 Å². The SMILES string of the molecule is CCC[C@@H](C)[C@H]1CCC2C3CCC4CCCC[C@]4(C)C3CC[C@@]21C. The van der Waals surface area contributed by atoms with Crippen molar-refractivity contribution in [2.75, 3.05) is 0 Å². The highest BCUT2D eigenvalue weighted by Crippen LogP contribution is 2.68. The van der Waals surface area contributed by atoms with Gasteiger partial charge in [0.2, 0.25) is 0 Å². The van der Waals surface area contributed by atoms with E-state index in [0.29, 0.717) is 5.41 Å². The Kier molecular flexibility index (Phi) is 4.58. The standard InChI is InChI=1S/C24H42/c1-5-8-17(2)20-12-13-21-19-11-10-18-9-6-7-15-23(18,3)22(19)14-16-24(20,21)4/h17-22H,5-16H2,1-4H3/t17-,18?,19?,20-,21?,22?,23+,24-/m1/s1. The zero-order valence-corrected chi connectivity index (χ0v) is 16.9. The van der Waals surface area contributed by atoms with E-state index in [4.69, 9.17) is 0 Å². The van der Waals surface area contributed by atoms with Crippen molar-refractivity contribution >= 4 is 0 Å². The van der Waals surface area contributed by atoms with Crippen LogP contribution in [0.2, 0.25) is 0 Å². The molecule has 4 rings (SSSR count). The molecule has 4 saturated carbocycles. The molecule has 24 heavy (non-hydrogen) atoms. The van der Waals surface area contributed by atoms with Crippen molar-refractivity contribution in [1.29, 1.82) is 0 Å². The molecule has 0 saturated heterocycles. The molecule has 0 aromatic heterocycles. The van der Waals surface area contributed by atoms with Crippen LogP contribution in [0.25, 0.3) is 0 Å². The van der Waals surface area contributed by atoms with Crippen molar-refractivity contribution in [3.63, 3.8) is 0 Å². The van der Waals surface area contributed by atoms with Gasteiger partial charge < -0.3 is 0 Å². The van der Waals surface area contributed by atoms with Crippen molar-refractivity contribution in [3.05, 3.63) is 0 Å². The van der Waals surface area contributed by atoms with Gasteiger partial charge in [0.05, 0.1) is 0 Å². The Bertz CT molecular complexity index is 453. The van der Waals surface area contributed by atoms with Gasteiger partial charge in [-0.1, -0.05) is 53.4 Å². The topological polar surface area (TPSA) is 0 Å². The molecule has 0 amide bonds. The lowest BCUT2D eigenvalue weighted by molar-refractivity contribution is -0.114. The first kappa shape index (κ1) is 17.4. The van der Waals surface area contributed by atoms with E-state index in [0.717, 1.165) is 40.9 Å². The first-order valence-corrected chi connectivity index (χ1v) is 11.5. The van der Waals surface area contributed by atoms with Crippen LogP contribution >= 0.6 is 0 Å². The summed E-state index contributed by atoms with van der Waals surface area (Å²) in [5, 5.41) is 0. The fourth-order valence-corrected chi connectivity index (χ4v) is 8.93. The molecule has 4 aliphatic rings. The predicted octanol–water partition coefficient (Wildman–Crippen LogP) is 7.47. The minimum absolute atomic E-state index is 0.688. The van der Waals surface area contributed by atoms with E-state index in [-0.39, 0.29) is 0 Å². The Labute approximate surface area is 151 Å². The smallest absolute Gasteiger partial charge is 0.0264 e. The number of hydrogen-bond acceptors (Lipinski definition) is 0. The van der Waals surface area contributed by atoms with Gasteiger partial charge in [0.1, 0.15) is 0 Å². The lowest BCUT2D eigenvalue weighted by Gasteiger charge is -2.61. The quantitative estimate of drug-likeness (QED) is 0.503. The molecule has 138 valence electrons. The lowest BCUT2D eigenvalue weighted by atomic mass is 9.44. The second-order valence-electron chi connectivity index (χ2n) is 10.9. The fourth-order valence-electron chi connectivity index (χ4n) is 8.93. The molecule has 0 aliphatic heterocycles. The van der Waals surface area contributed by atoms with Crippen molar-refractivity contribution in [2.45, 2.75) is 105 Å². The molecule has 0 radical (unpaired) electrons. The Morgan fingerprint density at radius 1 is 0.833 bits per heavy atom. The highest BCUT2D eigenvalue weighted by Gasteiger charge is 2.59. The first-order valence-electron chi connectivity index (χ1n) is 11.5. The van der Waals surface area contributed by atoms with E-state index in [2.05, 4.69) is 27.7 Å². The van der Waals surface area contributed by atoms with Crippen LogP contribution in [0.3, 0.4) is 0 Å². The van der Waals surface area contributed by atoms with Gasteiger partial charge in [-0.15, -0.1) is 0 Å². The van der Waals surface area contributed by atoms with Gasteiger partial charge in [0, 0.05) is 0 Å². The van der Waals surface area contributed by atoms with Crippen LogP contribution in [0.5, 0.6) is 0 Å². The Hall–Kier alpha value is 0. The zero-order chi connectivity index (χ0) is 16.9. The maximum Gasteiger partial charge on any atom is -0.0264 e. The molecule has 4 fully saturated rings. The number of hydrogen-bond donors (Lipinski definition) is 0. The van der Waals surface area contributed by atoms with Crippen molar-refractivity contribution in [2.24, 2.45) is 46.3 Å². The highest BCUT2D eigenvalue weighted by atomic mass is 14.6. The van der Waals surface area contributed by atoms with Crippen LogP contribution < -0.4 is 0 Å². The van der Waals surface area contributed by atoms with Crippen LogP contribution in [-0.2, 0) is 0 Å². The van der Waals surface area contributed by atoms with E-state index < -0.39 is 0 Å². The Morgan fingerprint density at radius 2 is 1.62 bits per heavy atom. The maximum absolute atomic E-state index is 2.73. The van der Waals surface area contributed by atoms with Crippen molar-refractivity contribution < 1.29 is 0 Å². The van der Waals surface area contributed by atoms with Gasteiger partial charge >= 0.3 is 0 Å². The van der Waals surface area contributed by atoms with E-state index in [1.54, 1.807) is 51.4 Å². The number of fused-ring (bicyclic) bond motifs is 5. The van der Waals surface area contributed by atoms with Gasteiger partial charge in [-0.05, 0) is 97.7 Å². The van der Waals surface area contributed by atoms with Gasteiger partial charge in [0.25, 0.3) is 0 Å². The second kappa shape index (κ2) is 6.31. The Morgan fingerprint density at radius 3 is 2.42 bits per heavy atom. The van der Waals surface area contributed by atoms with Gasteiger partial charge in [-0.3, -0.25) is 0 Å². The summed E-state index contributed by atoms with van der Waals surface area (Å²) in [6, 6.07) is 0. The lowest BCUT2D eigenvalue weighted by Crippen LogP contribution is -2.53. The van der Waals surface area contributed by atoms with Gasteiger partial charge in [0.15, 0.2) is 0 Å². The largest absolute Gasteiger partial charge is 0.0654 e. The molecule has 0 heteroatoms. The summed E-state index contributed by atoms with van der Waals surface area (Å²) in [7, 11) is 0. The second-order valence-corrected chi connectivity index (χ2v) is 10.9. The van der Waals surface area contributed by atoms with E-state index in [1.165, 1.54) is 25.7 Å². The van der Waals surface area contributed by atoms with Crippen LogP contribution in [0.15, 0.2) is 0 Å².